The Hall–Kier alpha value is -3.72. The summed E-state index contributed by atoms with van der Waals surface area (Å²) in [5, 5.41) is 3.20. The summed E-state index contributed by atoms with van der Waals surface area (Å²) in [5.41, 5.74) is 6.82. The molecule has 0 bridgehead atoms. The monoisotopic (exact) mass is 449 g/mol. The van der Waals surface area contributed by atoms with Crippen LogP contribution in [-0.2, 0) is 29.2 Å². The number of likely N-dealkylation sites (tertiary alicyclic amines) is 1. The van der Waals surface area contributed by atoms with Gasteiger partial charge in [-0.15, -0.1) is 0 Å². The van der Waals surface area contributed by atoms with Gasteiger partial charge in [-0.3, -0.25) is 28.8 Å². The topological polar surface area (TPSA) is 130 Å². The largest absolute Gasteiger partial charge is 0.369 e. The number of benzene rings is 2. The van der Waals surface area contributed by atoms with E-state index in [9.17, 15) is 19.2 Å². The van der Waals surface area contributed by atoms with Crippen molar-refractivity contribution in [1.29, 1.82) is 0 Å². The standard InChI is InChI=1S/C24H27N5O4/c25-22(31)18-7-4-10-28(14-18)13-17-6-3-5-16(11-17)12-26-21(30)15-29-20-9-2-1-8-19(20)23(32)27-24(29)33/h1-3,5-6,8-9,11,18H,4,7,10,12-15H2,(H2,25,31)(H,26,30)(H,27,32,33). The Balaban J connectivity index is 1.39. The lowest BCUT2D eigenvalue weighted by Gasteiger charge is -2.31. The molecule has 2 aromatic carbocycles. The molecule has 1 aromatic heterocycles. The van der Waals surface area contributed by atoms with E-state index in [1.165, 1.54) is 4.57 Å². The van der Waals surface area contributed by atoms with Crippen LogP contribution in [0.15, 0.2) is 58.1 Å². The SMILES string of the molecule is NC(=O)C1CCCN(Cc2cccc(CNC(=O)Cn3c(=O)[nH]c(=O)c4ccccc43)c2)C1. The molecule has 1 aliphatic rings. The number of rotatable bonds is 7. The highest BCUT2D eigenvalue weighted by atomic mass is 16.2. The molecule has 33 heavy (non-hydrogen) atoms. The number of hydrogen-bond acceptors (Lipinski definition) is 5. The zero-order valence-corrected chi connectivity index (χ0v) is 18.3. The average molecular weight is 450 g/mol. The first-order valence-corrected chi connectivity index (χ1v) is 11.0. The van der Waals surface area contributed by atoms with Gasteiger partial charge in [-0.2, -0.15) is 0 Å². The van der Waals surface area contributed by atoms with E-state index in [4.69, 9.17) is 5.73 Å². The number of primary amides is 1. The number of nitrogens with zero attached hydrogens (tertiary/aromatic N) is 2. The smallest absolute Gasteiger partial charge is 0.329 e. The summed E-state index contributed by atoms with van der Waals surface area (Å²) in [6.45, 7) is 2.42. The van der Waals surface area contributed by atoms with Crippen LogP contribution < -0.4 is 22.3 Å². The minimum absolute atomic E-state index is 0.103. The Bertz CT molecular complexity index is 1300. The number of carbonyl (C=O) groups is 2. The van der Waals surface area contributed by atoms with Crippen LogP contribution in [0.5, 0.6) is 0 Å². The molecule has 9 heteroatoms. The van der Waals surface area contributed by atoms with E-state index in [1.54, 1.807) is 24.3 Å². The van der Waals surface area contributed by atoms with Crippen molar-refractivity contribution in [1.82, 2.24) is 19.8 Å². The molecule has 2 amide bonds. The molecular formula is C24H27N5O4. The molecule has 0 saturated carbocycles. The predicted octanol–water partition coefficient (Wildman–Crippen LogP) is 0.704. The number of H-pyrrole nitrogens is 1. The van der Waals surface area contributed by atoms with E-state index in [2.05, 4.69) is 15.2 Å². The van der Waals surface area contributed by atoms with Crippen molar-refractivity contribution in [2.45, 2.75) is 32.5 Å². The van der Waals surface area contributed by atoms with Crippen LogP contribution in [0.25, 0.3) is 10.9 Å². The second-order valence-electron chi connectivity index (χ2n) is 8.44. The highest BCUT2D eigenvalue weighted by Gasteiger charge is 2.23. The molecular weight excluding hydrogens is 422 g/mol. The quantitative estimate of drug-likeness (QED) is 0.489. The van der Waals surface area contributed by atoms with Gasteiger partial charge in [0.1, 0.15) is 6.54 Å². The lowest BCUT2D eigenvalue weighted by atomic mass is 9.97. The Morgan fingerprint density at radius 2 is 1.88 bits per heavy atom. The normalized spacial score (nSPS) is 16.5. The Morgan fingerprint density at radius 3 is 2.70 bits per heavy atom. The molecule has 9 nitrogen and oxygen atoms in total. The molecule has 3 aromatic rings. The summed E-state index contributed by atoms with van der Waals surface area (Å²) >= 11 is 0. The van der Waals surface area contributed by atoms with Crippen molar-refractivity contribution in [2.75, 3.05) is 13.1 Å². The Morgan fingerprint density at radius 1 is 1.09 bits per heavy atom. The maximum absolute atomic E-state index is 12.6. The first-order chi connectivity index (χ1) is 15.9. The third-order valence-electron chi connectivity index (χ3n) is 6.00. The first-order valence-electron chi connectivity index (χ1n) is 11.0. The van der Waals surface area contributed by atoms with E-state index in [1.807, 2.05) is 24.3 Å². The van der Waals surface area contributed by atoms with E-state index in [0.717, 1.165) is 30.5 Å². The molecule has 172 valence electrons. The fourth-order valence-electron chi connectivity index (χ4n) is 4.33. The number of para-hydroxylation sites is 1. The van der Waals surface area contributed by atoms with Gasteiger partial charge >= 0.3 is 5.69 Å². The lowest BCUT2D eigenvalue weighted by molar-refractivity contribution is -0.123. The minimum Gasteiger partial charge on any atom is -0.369 e. The van der Waals surface area contributed by atoms with Crippen LogP contribution >= 0.6 is 0 Å². The molecule has 4 N–H and O–H groups in total. The second kappa shape index (κ2) is 9.83. The van der Waals surface area contributed by atoms with Gasteiger partial charge in [0.15, 0.2) is 0 Å². The number of hydrogen-bond donors (Lipinski definition) is 3. The molecule has 0 radical (unpaired) electrons. The van der Waals surface area contributed by atoms with E-state index < -0.39 is 11.2 Å². The third kappa shape index (κ3) is 5.38. The van der Waals surface area contributed by atoms with E-state index in [-0.39, 0.29) is 24.3 Å². The van der Waals surface area contributed by atoms with Crippen molar-refractivity contribution in [3.63, 3.8) is 0 Å². The van der Waals surface area contributed by atoms with E-state index >= 15 is 0 Å². The summed E-state index contributed by atoms with van der Waals surface area (Å²) < 4.78 is 1.26. The zero-order chi connectivity index (χ0) is 23.4. The molecule has 1 aliphatic heterocycles. The number of aromatic nitrogens is 2. The highest BCUT2D eigenvalue weighted by molar-refractivity contribution is 5.81. The fourth-order valence-corrected chi connectivity index (χ4v) is 4.33. The third-order valence-corrected chi connectivity index (χ3v) is 6.00. The van der Waals surface area contributed by atoms with Crippen LogP contribution in [-0.4, -0.2) is 39.4 Å². The number of aromatic amines is 1. The van der Waals surface area contributed by atoms with Crippen LogP contribution in [0.1, 0.15) is 24.0 Å². The van der Waals surface area contributed by atoms with Gasteiger partial charge in [-0.1, -0.05) is 36.4 Å². The fraction of sp³-hybridized carbons (Fsp3) is 0.333. The van der Waals surface area contributed by atoms with Crippen molar-refractivity contribution >= 4 is 22.7 Å². The molecule has 0 aliphatic carbocycles. The lowest BCUT2D eigenvalue weighted by Crippen LogP contribution is -2.40. The number of piperidine rings is 1. The van der Waals surface area contributed by atoms with Gasteiger partial charge in [0.25, 0.3) is 5.56 Å². The molecule has 1 atom stereocenters. The number of carbonyl (C=O) groups excluding carboxylic acids is 2. The maximum atomic E-state index is 12.6. The molecule has 0 spiro atoms. The predicted molar refractivity (Wildman–Crippen MR) is 124 cm³/mol. The second-order valence-corrected chi connectivity index (χ2v) is 8.44. The summed E-state index contributed by atoms with van der Waals surface area (Å²) in [6, 6.07) is 14.6. The van der Waals surface area contributed by atoms with Gasteiger partial charge in [-0.25, -0.2) is 4.79 Å². The summed E-state index contributed by atoms with van der Waals surface area (Å²) in [6.07, 6.45) is 1.79. The van der Waals surface area contributed by atoms with Crippen molar-refractivity contribution in [2.24, 2.45) is 11.7 Å². The molecule has 1 fully saturated rings. The Kier molecular flexibility index (Phi) is 6.69. The van der Waals surface area contributed by atoms with Gasteiger partial charge in [0.05, 0.1) is 16.8 Å². The maximum Gasteiger partial charge on any atom is 0.329 e. The van der Waals surface area contributed by atoms with Crippen molar-refractivity contribution in [3.8, 4) is 0 Å². The summed E-state index contributed by atoms with van der Waals surface area (Å²) in [7, 11) is 0. The molecule has 1 saturated heterocycles. The first kappa shape index (κ1) is 22.5. The van der Waals surface area contributed by atoms with Crippen LogP contribution in [0.4, 0.5) is 0 Å². The van der Waals surface area contributed by atoms with Gasteiger partial charge in [0, 0.05) is 19.6 Å². The van der Waals surface area contributed by atoms with Gasteiger partial charge in [0.2, 0.25) is 11.8 Å². The van der Waals surface area contributed by atoms with Crippen LogP contribution in [0, 0.1) is 5.92 Å². The van der Waals surface area contributed by atoms with Crippen molar-refractivity contribution < 1.29 is 9.59 Å². The molecule has 2 heterocycles. The van der Waals surface area contributed by atoms with Crippen LogP contribution in [0.2, 0.25) is 0 Å². The summed E-state index contributed by atoms with van der Waals surface area (Å²) in [5.74, 6) is -0.681. The van der Waals surface area contributed by atoms with Gasteiger partial charge in [-0.05, 0) is 42.6 Å². The van der Waals surface area contributed by atoms with Crippen LogP contribution in [0.3, 0.4) is 0 Å². The number of nitrogens with two attached hydrogens (primary N) is 1. The number of amides is 2. The van der Waals surface area contributed by atoms with Gasteiger partial charge < -0.3 is 11.1 Å². The Labute approximate surface area is 190 Å². The molecule has 4 rings (SSSR count). The number of nitrogens with one attached hydrogen (secondary N) is 2. The van der Waals surface area contributed by atoms with Crippen molar-refractivity contribution in [3.05, 3.63) is 80.5 Å². The van der Waals surface area contributed by atoms with E-state index in [0.29, 0.717) is 30.5 Å². The summed E-state index contributed by atoms with van der Waals surface area (Å²) in [4.78, 5) is 52.8. The number of fused-ring (bicyclic) bond motifs is 1. The average Bonchev–Trinajstić information content (AvgIpc) is 2.81. The minimum atomic E-state index is -0.619. The molecule has 1 unspecified atom stereocenters. The zero-order valence-electron chi connectivity index (χ0n) is 18.3. The highest BCUT2D eigenvalue weighted by Crippen LogP contribution is 2.18.